The lowest BCUT2D eigenvalue weighted by molar-refractivity contribution is 0.0795. The molecule has 96 valence electrons. The number of Topliss-reactive ketones (excluding diaryl/α,β-unsaturated/α-hetero) is 1. The highest BCUT2D eigenvalue weighted by molar-refractivity contribution is 7.18. The zero-order chi connectivity index (χ0) is 13.2. The van der Waals surface area contributed by atoms with Crippen molar-refractivity contribution in [2.24, 2.45) is 5.92 Å². The molecule has 2 unspecified atom stereocenters. The lowest BCUT2D eigenvalue weighted by Crippen LogP contribution is -2.43. The highest BCUT2D eigenvalue weighted by Gasteiger charge is 2.25. The van der Waals surface area contributed by atoms with Gasteiger partial charge in [-0.05, 0) is 38.9 Å². The molecule has 0 radical (unpaired) electrons. The number of carbonyl (C=O) groups is 1. The average molecular weight is 274 g/mol. The van der Waals surface area contributed by atoms with E-state index in [2.05, 4.69) is 25.7 Å². The summed E-state index contributed by atoms with van der Waals surface area (Å²) >= 11 is 7.21. The quantitative estimate of drug-likeness (QED) is 0.757. The number of hydrogen-bond donors (Lipinski definition) is 0. The normalized spacial score (nSPS) is 15.3. The predicted molar refractivity (Wildman–Crippen MR) is 75.2 cm³/mol. The van der Waals surface area contributed by atoms with Crippen LogP contribution in [0.25, 0.3) is 0 Å². The summed E-state index contributed by atoms with van der Waals surface area (Å²) in [5, 5.41) is 0. The van der Waals surface area contributed by atoms with Crippen LogP contribution in [0, 0.1) is 5.92 Å². The first-order valence-corrected chi connectivity index (χ1v) is 7.05. The molecule has 1 aromatic rings. The monoisotopic (exact) mass is 273 g/mol. The molecule has 0 spiro atoms. The second-order valence-corrected chi connectivity index (χ2v) is 6.51. The van der Waals surface area contributed by atoms with Crippen molar-refractivity contribution in [3.63, 3.8) is 0 Å². The first-order chi connectivity index (χ1) is 7.84. The molecular weight excluding hydrogens is 254 g/mol. The Morgan fingerprint density at radius 3 is 2.29 bits per heavy atom. The summed E-state index contributed by atoms with van der Waals surface area (Å²) in [5.74, 6) is 0.680. The second kappa shape index (κ2) is 5.98. The molecule has 0 bridgehead atoms. The minimum atomic E-state index is -0.109. The molecule has 0 aliphatic rings. The van der Waals surface area contributed by atoms with E-state index in [0.29, 0.717) is 16.3 Å². The third-order valence-electron chi connectivity index (χ3n) is 3.41. The van der Waals surface area contributed by atoms with Crippen LogP contribution in [-0.4, -0.2) is 29.8 Å². The number of thiophene rings is 1. The summed E-state index contributed by atoms with van der Waals surface area (Å²) in [6.45, 7) is 8.44. The van der Waals surface area contributed by atoms with Gasteiger partial charge in [-0.15, -0.1) is 11.3 Å². The van der Waals surface area contributed by atoms with Crippen LogP contribution < -0.4 is 0 Å². The molecule has 1 rings (SSSR count). The fourth-order valence-corrected chi connectivity index (χ4v) is 2.73. The number of likely N-dealkylation sites (N-methyl/N-ethyl adjacent to an activating group) is 1. The molecule has 17 heavy (non-hydrogen) atoms. The van der Waals surface area contributed by atoms with Crippen LogP contribution in [0.3, 0.4) is 0 Å². The Morgan fingerprint density at radius 1 is 1.29 bits per heavy atom. The maximum Gasteiger partial charge on any atom is 0.189 e. The first-order valence-electron chi connectivity index (χ1n) is 5.86. The number of hydrogen-bond acceptors (Lipinski definition) is 3. The molecule has 2 nitrogen and oxygen atoms in total. The zero-order valence-corrected chi connectivity index (χ0v) is 12.6. The van der Waals surface area contributed by atoms with E-state index in [1.165, 1.54) is 11.3 Å². The topological polar surface area (TPSA) is 20.3 Å². The molecule has 0 aliphatic heterocycles. The summed E-state index contributed by atoms with van der Waals surface area (Å²) in [7, 11) is 2.00. The van der Waals surface area contributed by atoms with Crippen LogP contribution in [-0.2, 0) is 0 Å². The minimum absolute atomic E-state index is 0.109. The number of carbonyl (C=O) groups excluding carboxylic acids is 1. The van der Waals surface area contributed by atoms with E-state index in [4.69, 9.17) is 11.6 Å². The number of ketones is 1. The molecule has 0 saturated heterocycles. The van der Waals surface area contributed by atoms with Crippen LogP contribution in [0.1, 0.15) is 37.4 Å². The van der Waals surface area contributed by atoms with E-state index in [1.807, 2.05) is 14.0 Å². The van der Waals surface area contributed by atoms with Crippen molar-refractivity contribution >= 4 is 28.7 Å². The molecule has 1 heterocycles. The molecule has 0 fully saturated rings. The highest BCUT2D eigenvalue weighted by Crippen LogP contribution is 2.24. The highest BCUT2D eigenvalue weighted by atomic mass is 35.5. The zero-order valence-electron chi connectivity index (χ0n) is 11.0. The molecule has 1 aromatic heterocycles. The molecule has 0 N–H and O–H groups in total. The van der Waals surface area contributed by atoms with Gasteiger partial charge in [-0.1, -0.05) is 25.4 Å². The van der Waals surface area contributed by atoms with Gasteiger partial charge in [0.2, 0.25) is 0 Å². The van der Waals surface area contributed by atoms with Gasteiger partial charge in [0, 0.05) is 6.04 Å². The van der Waals surface area contributed by atoms with Crippen LogP contribution in [0.4, 0.5) is 0 Å². The molecule has 0 saturated carbocycles. The molecule has 4 heteroatoms. The van der Waals surface area contributed by atoms with Crippen molar-refractivity contribution in [1.29, 1.82) is 0 Å². The van der Waals surface area contributed by atoms with Crippen LogP contribution >= 0.6 is 22.9 Å². The Bertz CT molecular complexity index is 389. The number of halogens is 1. The van der Waals surface area contributed by atoms with Gasteiger partial charge in [0.15, 0.2) is 5.78 Å². The van der Waals surface area contributed by atoms with Crippen molar-refractivity contribution in [2.45, 2.75) is 39.8 Å². The minimum Gasteiger partial charge on any atom is -0.294 e. The number of nitrogens with zero attached hydrogens (tertiary/aromatic N) is 1. The lowest BCUT2D eigenvalue weighted by Gasteiger charge is -2.32. The van der Waals surface area contributed by atoms with Gasteiger partial charge in [-0.3, -0.25) is 9.69 Å². The van der Waals surface area contributed by atoms with Crippen molar-refractivity contribution in [3.8, 4) is 0 Å². The first kappa shape index (κ1) is 14.7. The third-order valence-corrected chi connectivity index (χ3v) is 4.66. The summed E-state index contributed by atoms with van der Waals surface area (Å²) in [4.78, 5) is 15.1. The fourth-order valence-electron chi connectivity index (χ4n) is 1.66. The largest absolute Gasteiger partial charge is 0.294 e. The van der Waals surface area contributed by atoms with E-state index < -0.39 is 0 Å². The van der Waals surface area contributed by atoms with Gasteiger partial charge in [-0.25, -0.2) is 0 Å². The van der Waals surface area contributed by atoms with E-state index >= 15 is 0 Å². The van der Waals surface area contributed by atoms with Gasteiger partial charge < -0.3 is 0 Å². The molecule has 0 amide bonds. The molecule has 2 atom stereocenters. The van der Waals surface area contributed by atoms with E-state index in [-0.39, 0.29) is 11.8 Å². The van der Waals surface area contributed by atoms with E-state index in [0.717, 1.165) is 4.88 Å². The Balaban J connectivity index is 2.76. The van der Waals surface area contributed by atoms with Crippen molar-refractivity contribution in [1.82, 2.24) is 4.90 Å². The van der Waals surface area contributed by atoms with Gasteiger partial charge in [0.05, 0.1) is 15.3 Å². The standard InChI is InChI=1S/C13H20ClNOS/c1-8(2)9(3)15(5)10(4)13(16)11-6-7-12(14)17-11/h6-10H,1-5H3. The number of rotatable bonds is 5. The predicted octanol–water partition coefficient (Wildman–Crippen LogP) is 3.95. The maximum atomic E-state index is 12.2. The Hall–Kier alpha value is -0.380. The molecular formula is C13H20ClNOS. The van der Waals surface area contributed by atoms with Crippen LogP contribution in [0.2, 0.25) is 4.34 Å². The summed E-state index contributed by atoms with van der Waals surface area (Å²) in [6, 6.07) is 3.85. The third kappa shape index (κ3) is 3.54. The smallest absolute Gasteiger partial charge is 0.189 e. The van der Waals surface area contributed by atoms with Crippen molar-refractivity contribution in [2.75, 3.05) is 7.05 Å². The summed E-state index contributed by atoms with van der Waals surface area (Å²) in [5.41, 5.74) is 0. The summed E-state index contributed by atoms with van der Waals surface area (Å²) < 4.78 is 0.667. The van der Waals surface area contributed by atoms with Gasteiger partial charge in [-0.2, -0.15) is 0 Å². The van der Waals surface area contributed by atoms with Crippen LogP contribution in [0.5, 0.6) is 0 Å². The summed E-state index contributed by atoms with van der Waals surface area (Å²) in [6.07, 6.45) is 0. The Kier molecular flexibility index (Phi) is 5.17. The van der Waals surface area contributed by atoms with Gasteiger partial charge >= 0.3 is 0 Å². The van der Waals surface area contributed by atoms with E-state index in [1.54, 1.807) is 12.1 Å². The molecule has 0 aromatic carbocycles. The maximum absolute atomic E-state index is 12.2. The Morgan fingerprint density at radius 2 is 1.88 bits per heavy atom. The Labute approximate surface area is 113 Å². The van der Waals surface area contributed by atoms with Crippen LogP contribution in [0.15, 0.2) is 12.1 Å². The van der Waals surface area contributed by atoms with Gasteiger partial charge in [0.1, 0.15) is 0 Å². The van der Waals surface area contributed by atoms with Gasteiger partial charge in [0.25, 0.3) is 0 Å². The van der Waals surface area contributed by atoms with Crippen molar-refractivity contribution < 1.29 is 4.79 Å². The fraction of sp³-hybridized carbons (Fsp3) is 0.615. The second-order valence-electron chi connectivity index (χ2n) is 4.79. The average Bonchev–Trinajstić information content (AvgIpc) is 2.71. The lowest BCUT2D eigenvalue weighted by atomic mass is 10.0. The van der Waals surface area contributed by atoms with E-state index in [9.17, 15) is 4.79 Å². The molecule has 0 aliphatic carbocycles. The SMILES string of the molecule is CC(C)C(C)N(C)C(C)C(=O)c1ccc(Cl)s1. The van der Waals surface area contributed by atoms with Crippen molar-refractivity contribution in [3.05, 3.63) is 21.3 Å².